The van der Waals surface area contributed by atoms with Gasteiger partial charge in [0.25, 0.3) is 0 Å². The standard InChI is InChI=1S/C17H19ClFNO/c1-3-16(20-2)14-6-4-5-7-17(14)21-11-12-8-9-13(18)10-15(12)19/h4-10,16,20H,3,11H2,1-2H3. The summed E-state index contributed by atoms with van der Waals surface area (Å²) in [5.74, 6) is 0.425. The van der Waals surface area contributed by atoms with Crippen LogP contribution in [0.2, 0.25) is 5.02 Å². The van der Waals surface area contributed by atoms with Crippen molar-refractivity contribution >= 4 is 11.6 Å². The van der Waals surface area contributed by atoms with Gasteiger partial charge in [-0.1, -0.05) is 42.8 Å². The minimum absolute atomic E-state index is 0.181. The van der Waals surface area contributed by atoms with Crippen molar-refractivity contribution in [3.05, 3.63) is 64.4 Å². The second kappa shape index (κ2) is 7.43. The minimum atomic E-state index is -0.347. The van der Waals surface area contributed by atoms with E-state index in [2.05, 4.69) is 12.2 Å². The summed E-state index contributed by atoms with van der Waals surface area (Å²) in [4.78, 5) is 0. The first-order chi connectivity index (χ1) is 10.2. The van der Waals surface area contributed by atoms with Crippen molar-refractivity contribution in [1.82, 2.24) is 5.32 Å². The zero-order valence-corrected chi connectivity index (χ0v) is 13.0. The maximum atomic E-state index is 13.8. The first-order valence-electron chi connectivity index (χ1n) is 6.98. The predicted octanol–water partition coefficient (Wildman–Crippen LogP) is 4.73. The highest BCUT2D eigenvalue weighted by atomic mass is 35.5. The van der Waals surface area contributed by atoms with Gasteiger partial charge in [-0.05, 0) is 31.7 Å². The molecule has 1 N–H and O–H groups in total. The molecule has 112 valence electrons. The third-order valence-electron chi connectivity index (χ3n) is 3.45. The highest BCUT2D eigenvalue weighted by Crippen LogP contribution is 2.28. The van der Waals surface area contributed by atoms with Crippen LogP contribution in [0.1, 0.15) is 30.5 Å². The minimum Gasteiger partial charge on any atom is -0.488 e. The van der Waals surface area contributed by atoms with Crippen LogP contribution in [0, 0.1) is 5.82 Å². The summed E-state index contributed by atoms with van der Waals surface area (Å²) in [6, 6.07) is 12.7. The molecule has 21 heavy (non-hydrogen) atoms. The Morgan fingerprint density at radius 1 is 1.24 bits per heavy atom. The summed E-state index contributed by atoms with van der Waals surface area (Å²) >= 11 is 5.75. The molecule has 1 atom stereocenters. The molecule has 0 aliphatic carbocycles. The molecule has 0 aromatic heterocycles. The molecule has 0 spiro atoms. The molecule has 4 heteroatoms. The van der Waals surface area contributed by atoms with E-state index >= 15 is 0 Å². The van der Waals surface area contributed by atoms with Crippen LogP contribution in [0.5, 0.6) is 5.75 Å². The number of hydrogen-bond acceptors (Lipinski definition) is 2. The molecule has 2 aromatic rings. The van der Waals surface area contributed by atoms with E-state index in [0.29, 0.717) is 10.6 Å². The highest BCUT2D eigenvalue weighted by molar-refractivity contribution is 6.30. The van der Waals surface area contributed by atoms with Gasteiger partial charge in [0.05, 0.1) is 0 Å². The summed E-state index contributed by atoms with van der Waals surface area (Å²) in [5, 5.41) is 3.64. The second-order valence-corrected chi connectivity index (χ2v) is 5.25. The smallest absolute Gasteiger partial charge is 0.131 e. The lowest BCUT2D eigenvalue weighted by molar-refractivity contribution is 0.293. The normalized spacial score (nSPS) is 12.2. The molecular formula is C17H19ClFNO. The molecule has 0 aliphatic rings. The number of rotatable bonds is 6. The zero-order valence-electron chi connectivity index (χ0n) is 12.2. The van der Waals surface area contributed by atoms with Gasteiger partial charge in [0.15, 0.2) is 0 Å². The summed E-state index contributed by atoms with van der Waals surface area (Å²) in [6.07, 6.45) is 0.951. The fraction of sp³-hybridized carbons (Fsp3) is 0.294. The second-order valence-electron chi connectivity index (χ2n) is 4.81. The van der Waals surface area contributed by atoms with E-state index in [1.54, 1.807) is 12.1 Å². The van der Waals surface area contributed by atoms with Crippen LogP contribution in [0.3, 0.4) is 0 Å². The Morgan fingerprint density at radius 2 is 2.00 bits per heavy atom. The number of halogens is 2. The van der Waals surface area contributed by atoms with Crippen LogP contribution in [0.25, 0.3) is 0 Å². The lowest BCUT2D eigenvalue weighted by Crippen LogP contribution is -2.16. The van der Waals surface area contributed by atoms with E-state index in [0.717, 1.165) is 17.7 Å². The molecule has 2 nitrogen and oxygen atoms in total. The quantitative estimate of drug-likeness (QED) is 0.833. The maximum Gasteiger partial charge on any atom is 0.131 e. The summed E-state index contributed by atoms with van der Waals surface area (Å²) in [5.41, 5.74) is 1.57. The molecule has 2 rings (SSSR count). The highest BCUT2D eigenvalue weighted by Gasteiger charge is 2.13. The number of hydrogen-bond donors (Lipinski definition) is 1. The number of ether oxygens (including phenoxy) is 1. The fourth-order valence-electron chi connectivity index (χ4n) is 2.27. The van der Waals surface area contributed by atoms with Gasteiger partial charge in [-0.2, -0.15) is 0 Å². The van der Waals surface area contributed by atoms with E-state index < -0.39 is 0 Å². The summed E-state index contributed by atoms with van der Waals surface area (Å²) in [6.45, 7) is 2.29. The van der Waals surface area contributed by atoms with Gasteiger partial charge in [0.2, 0.25) is 0 Å². The number of para-hydroxylation sites is 1. The molecule has 0 amide bonds. The van der Waals surface area contributed by atoms with Gasteiger partial charge in [-0.25, -0.2) is 4.39 Å². The van der Waals surface area contributed by atoms with Gasteiger partial charge < -0.3 is 10.1 Å². The van der Waals surface area contributed by atoms with Gasteiger partial charge in [0, 0.05) is 22.2 Å². The Hall–Kier alpha value is -1.58. The number of benzene rings is 2. The average molecular weight is 308 g/mol. The molecule has 0 saturated carbocycles. The van der Waals surface area contributed by atoms with Crippen molar-refractivity contribution in [3.63, 3.8) is 0 Å². The largest absolute Gasteiger partial charge is 0.488 e. The molecule has 0 bridgehead atoms. The first-order valence-corrected chi connectivity index (χ1v) is 7.36. The molecule has 0 radical (unpaired) electrons. The molecule has 0 fully saturated rings. The van der Waals surface area contributed by atoms with E-state index in [1.165, 1.54) is 6.07 Å². The molecule has 2 aromatic carbocycles. The Kier molecular flexibility index (Phi) is 5.59. The molecule has 0 saturated heterocycles. The van der Waals surface area contributed by atoms with Crippen molar-refractivity contribution in [2.75, 3.05) is 7.05 Å². The van der Waals surface area contributed by atoms with E-state index in [9.17, 15) is 4.39 Å². The Balaban J connectivity index is 2.16. The van der Waals surface area contributed by atoms with Crippen LogP contribution < -0.4 is 10.1 Å². The monoisotopic (exact) mass is 307 g/mol. The van der Waals surface area contributed by atoms with Crippen LogP contribution in [-0.2, 0) is 6.61 Å². The molecule has 0 heterocycles. The lowest BCUT2D eigenvalue weighted by atomic mass is 10.0. The third kappa shape index (κ3) is 3.96. The third-order valence-corrected chi connectivity index (χ3v) is 3.68. The number of nitrogens with one attached hydrogen (secondary N) is 1. The van der Waals surface area contributed by atoms with Gasteiger partial charge in [-0.15, -0.1) is 0 Å². The van der Waals surface area contributed by atoms with E-state index in [4.69, 9.17) is 16.3 Å². The van der Waals surface area contributed by atoms with Gasteiger partial charge in [0.1, 0.15) is 18.2 Å². The Morgan fingerprint density at radius 3 is 2.67 bits per heavy atom. The van der Waals surface area contributed by atoms with E-state index in [-0.39, 0.29) is 18.5 Å². The Bertz CT molecular complexity index is 599. The molecular weight excluding hydrogens is 289 g/mol. The predicted molar refractivity (Wildman–Crippen MR) is 84.3 cm³/mol. The van der Waals surface area contributed by atoms with Crippen LogP contribution in [0.4, 0.5) is 4.39 Å². The van der Waals surface area contributed by atoms with Crippen molar-refractivity contribution in [2.24, 2.45) is 0 Å². The SMILES string of the molecule is CCC(NC)c1ccccc1OCc1ccc(Cl)cc1F. The van der Waals surface area contributed by atoms with Crippen molar-refractivity contribution in [2.45, 2.75) is 26.0 Å². The van der Waals surface area contributed by atoms with Crippen molar-refractivity contribution in [1.29, 1.82) is 0 Å². The molecule has 1 unspecified atom stereocenters. The van der Waals surface area contributed by atoms with Crippen LogP contribution >= 0.6 is 11.6 Å². The zero-order chi connectivity index (χ0) is 15.2. The van der Waals surface area contributed by atoms with Gasteiger partial charge >= 0.3 is 0 Å². The maximum absolute atomic E-state index is 13.8. The summed E-state index contributed by atoms with van der Waals surface area (Å²) in [7, 11) is 1.92. The van der Waals surface area contributed by atoms with Crippen LogP contribution in [-0.4, -0.2) is 7.05 Å². The topological polar surface area (TPSA) is 21.3 Å². The van der Waals surface area contributed by atoms with Crippen molar-refractivity contribution < 1.29 is 9.13 Å². The fourth-order valence-corrected chi connectivity index (χ4v) is 2.43. The first kappa shape index (κ1) is 15.8. The van der Waals surface area contributed by atoms with E-state index in [1.807, 2.05) is 31.3 Å². The summed E-state index contributed by atoms with van der Waals surface area (Å²) < 4.78 is 19.6. The van der Waals surface area contributed by atoms with Crippen LogP contribution in [0.15, 0.2) is 42.5 Å². The van der Waals surface area contributed by atoms with Crippen molar-refractivity contribution in [3.8, 4) is 5.75 Å². The lowest BCUT2D eigenvalue weighted by Gasteiger charge is -2.19. The molecule has 0 aliphatic heterocycles. The Labute approximate surface area is 129 Å². The average Bonchev–Trinajstić information content (AvgIpc) is 2.49. The van der Waals surface area contributed by atoms with Gasteiger partial charge in [-0.3, -0.25) is 0 Å².